The number of carbonyl (C=O) groups is 3. The predicted octanol–water partition coefficient (Wildman–Crippen LogP) is 23.4. The summed E-state index contributed by atoms with van der Waals surface area (Å²) in [6, 6.07) is 0. The van der Waals surface area contributed by atoms with Crippen LogP contribution in [0.2, 0.25) is 0 Å². The van der Waals surface area contributed by atoms with Gasteiger partial charge in [-0.05, 0) is 96.3 Å². The fraction of sp³-hybridized carbons (Fsp3) is 0.767. The standard InChI is InChI=1S/C73H128O6/c1-4-7-10-13-16-18-20-22-24-26-28-30-32-34-36-38-40-42-44-46-48-50-52-54-57-60-63-66-72(75)78-69-70(68-77-71(74)65-62-59-56-15-12-9-6-3)79-73(76)67-64-61-58-55-53-51-49-47-45-43-41-39-37-35-33-31-29-27-25-23-21-19-17-14-11-8-5-2/h7,10,16,18,22,24,27-30,34,36,40,42,70H,4-6,8-9,11-15,17,19-21,23,25-26,31-33,35,37-39,41,43-69H2,1-3H3/b10-7-,18-16-,24-22-,29-27-,30-28-,36-34-,42-40-. The summed E-state index contributed by atoms with van der Waals surface area (Å²) in [6.07, 6.45) is 89.2. The molecule has 0 aromatic rings. The molecule has 456 valence electrons. The van der Waals surface area contributed by atoms with E-state index in [1.807, 2.05) is 0 Å². The molecule has 0 aliphatic heterocycles. The molecule has 6 heteroatoms. The summed E-state index contributed by atoms with van der Waals surface area (Å²) in [6.45, 7) is 6.51. The van der Waals surface area contributed by atoms with E-state index in [1.165, 1.54) is 199 Å². The van der Waals surface area contributed by atoms with E-state index in [1.54, 1.807) is 0 Å². The maximum atomic E-state index is 12.9. The first kappa shape index (κ1) is 75.6. The molecule has 0 aromatic carbocycles. The number of rotatable bonds is 62. The maximum Gasteiger partial charge on any atom is 0.306 e. The molecule has 6 nitrogen and oxygen atoms in total. The zero-order valence-electron chi connectivity index (χ0n) is 52.4. The Hall–Kier alpha value is -3.41. The van der Waals surface area contributed by atoms with E-state index in [9.17, 15) is 14.4 Å². The molecule has 0 spiro atoms. The van der Waals surface area contributed by atoms with Crippen LogP contribution in [-0.4, -0.2) is 37.2 Å². The van der Waals surface area contributed by atoms with Crippen LogP contribution in [0, 0.1) is 0 Å². The monoisotopic (exact) mass is 1100 g/mol. The van der Waals surface area contributed by atoms with Crippen molar-refractivity contribution in [2.24, 2.45) is 0 Å². The molecular weight excluding hydrogens is 973 g/mol. The number of hydrogen-bond donors (Lipinski definition) is 0. The average Bonchev–Trinajstić information content (AvgIpc) is 3.45. The number of unbranched alkanes of at least 4 members (excludes halogenated alkanes) is 37. The second-order valence-corrected chi connectivity index (χ2v) is 22.7. The molecule has 0 saturated carbocycles. The van der Waals surface area contributed by atoms with Crippen molar-refractivity contribution < 1.29 is 28.6 Å². The molecule has 0 aliphatic rings. The summed E-state index contributed by atoms with van der Waals surface area (Å²) < 4.78 is 16.9. The van der Waals surface area contributed by atoms with E-state index in [-0.39, 0.29) is 31.1 Å². The van der Waals surface area contributed by atoms with Crippen LogP contribution < -0.4 is 0 Å². The molecule has 0 radical (unpaired) electrons. The first-order valence-electron chi connectivity index (χ1n) is 34.1. The highest BCUT2D eigenvalue weighted by Crippen LogP contribution is 2.17. The van der Waals surface area contributed by atoms with Crippen molar-refractivity contribution in [3.8, 4) is 0 Å². The second kappa shape index (κ2) is 67.1. The van der Waals surface area contributed by atoms with Crippen molar-refractivity contribution >= 4 is 17.9 Å². The van der Waals surface area contributed by atoms with Gasteiger partial charge in [-0.3, -0.25) is 14.4 Å². The number of ether oxygens (including phenoxy) is 3. The molecule has 1 unspecified atom stereocenters. The molecule has 0 fully saturated rings. The topological polar surface area (TPSA) is 78.9 Å². The molecule has 0 saturated heterocycles. The van der Waals surface area contributed by atoms with E-state index in [2.05, 4.69) is 106 Å². The van der Waals surface area contributed by atoms with E-state index in [0.717, 1.165) is 103 Å². The first-order valence-corrected chi connectivity index (χ1v) is 34.1. The lowest BCUT2D eigenvalue weighted by atomic mass is 10.0. The van der Waals surface area contributed by atoms with E-state index < -0.39 is 6.10 Å². The van der Waals surface area contributed by atoms with Crippen molar-refractivity contribution in [1.82, 2.24) is 0 Å². The SMILES string of the molecule is CC/C=C\C/C=C\C/C=C\C/C=C\C/C=C\C/C=C\CCCCCCCCCCC(=O)OCC(COC(=O)CCCCCCCCC)OC(=O)CCCCCCCCCCCCCCCCC/C=C\CCCCCCCCCC. The van der Waals surface area contributed by atoms with Gasteiger partial charge in [0.25, 0.3) is 0 Å². The van der Waals surface area contributed by atoms with Crippen LogP contribution in [0.15, 0.2) is 85.1 Å². The van der Waals surface area contributed by atoms with Crippen LogP contribution in [0.3, 0.4) is 0 Å². The first-order chi connectivity index (χ1) is 39.0. The summed E-state index contributed by atoms with van der Waals surface area (Å²) in [4.78, 5) is 38.2. The van der Waals surface area contributed by atoms with Crippen molar-refractivity contribution in [2.75, 3.05) is 13.2 Å². The van der Waals surface area contributed by atoms with Gasteiger partial charge in [0, 0.05) is 19.3 Å². The van der Waals surface area contributed by atoms with Crippen molar-refractivity contribution in [1.29, 1.82) is 0 Å². The van der Waals surface area contributed by atoms with Gasteiger partial charge >= 0.3 is 17.9 Å². The van der Waals surface area contributed by atoms with Crippen LogP contribution in [0.4, 0.5) is 0 Å². The Kier molecular flexibility index (Phi) is 64.2. The minimum Gasteiger partial charge on any atom is -0.462 e. The van der Waals surface area contributed by atoms with Crippen molar-refractivity contribution in [2.45, 2.75) is 348 Å². The van der Waals surface area contributed by atoms with Gasteiger partial charge in [0.05, 0.1) is 0 Å². The highest BCUT2D eigenvalue weighted by Gasteiger charge is 2.19. The molecule has 0 aliphatic carbocycles. The molecule has 79 heavy (non-hydrogen) atoms. The molecule has 0 aromatic heterocycles. The van der Waals surface area contributed by atoms with E-state index >= 15 is 0 Å². The average molecular weight is 1100 g/mol. The normalized spacial score (nSPS) is 12.6. The van der Waals surface area contributed by atoms with Crippen LogP contribution in [0.1, 0.15) is 342 Å². The van der Waals surface area contributed by atoms with Gasteiger partial charge in [-0.1, -0.05) is 311 Å². The zero-order chi connectivity index (χ0) is 57.1. The predicted molar refractivity (Wildman–Crippen MR) is 344 cm³/mol. The minimum atomic E-state index is -0.777. The van der Waals surface area contributed by atoms with Gasteiger partial charge in [-0.15, -0.1) is 0 Å². The largest absolute Gasteiger partial charge is 0.462 e. The van der Waals surface area contributed by atoms with Crippen LogP contribution in [-0.2, 0) is 28.6 Å². The van der Waals surface area contributed by atoms with E-state index in [0.29, 0.717) is 19.3 Å². The lowest BCUT2D eigenvalue weighted by Crippen LogP contribution is -2.30. The Morgan fingerprint density at radius 3 is 0.785 bits per heavy atom. The third-order valence-electron chi connectivity index (χ3n) is 14.9. The highest BCUT2D eigenvalue weighted by molar-refractivity contribution is 5.71. The van der Waals surface area contributed by atoms with Gasteiger partial charge < -0.3 is 14.2 Å². The van der Waals surface area contributed by atoms with Crippen molar-refractivity contribution in [3.05, 3.63) is 85.1 Å². The fourth-order valence-electron chi connectivity index (χ4n) is 9.80. The highest BCUT2D eigenvalue weighted by atomic mass is 16.6. The quantitative estimate of drug-likeness (QED) is 0.0261. The Labute approximate surface area is 490 Å². The molecule has 0 bridgehead atoms. The molecule has 0 amide bonds. The molecule has 0 heterocycles. The molecular formula is C73H128O6. The van der Waals surface area contributed by atoms with Crippen LogP contribution in [0.5, 0.6) is 0 Å². The van der Waals surface area contributed by atoms with E-state index in [4.69, 9.17) is 14.2 Å². The summed E-state index contributed by atoms with van der Waals surface area (Å²) in [5.41, 5.74) is 0. The summed E-state index contributed by atoms with van der Waals surface area (Å²) in [7, 11) is 0. The third kappa shape index (κ3) is 65.3. The van der Waals surface area contributed by atoms with Gasteiger partial charge in [0.15, 0.2) is 6.10 Å². The minimum absolute atomic E-state index is 0.0761. The number of hydrogen-bond acceptors (Lipinski definition) is 6. The lowest BCUT2D eigenvalue weighted by molar-refractivity contribution is -0.167. The van der Waals surface area contributed by atoms with Gasteiger partial charge in [0.2, 0.25) is 0 Å². The second-order valence-electron chi connectivity index (χ2n) is 22.7. The summed E-state index contributed by atoms with van der Waals surface area (Å²) >= 11 is 0. The van der Waals surface area contributed by atoms with Gasteiger partial charge in [-0.25, -0.2) is 0 Å². The van der Waals surface area contributed by atoms with Gasteiger partial charge in [-0.2, -0.15) is 0 Å². The van der Waals surface area contributed by atoms with Crippen molar-refractivity contribution in [3.63, 3.8) is 0 Å². The Bertz CT molecular complexity index is 1500. The summed E-state index contributed by atoms with van der Waals surface area (Å²) in [5.74, 6) is -0.877. The Balaban J connectivity index is 4.11. The Morgan fingerprint density at radius 2 is 0.494 bits per heavy atom. The number of allylic oxidation sites excluding steroid dienone is 14. The lowest BCUT2D eigenvalue weighted by Gasteiger charge is -2.18. The number of carbonyl (C=O) groups excluding carboxylic acids is 3. The molecule has 1 atom stereocenters. The molecule has 0 N–H and O–H groups in total. The van der Waals surface area contributed by atoms with Crippen LogP contribution >= 0.6 is 0 Å². The Morgan fingerprint density at radius 1 is 0.266 bits per heavy atom. The maximum absolute atomic E-state index is 12.9. The third-order valence-corrected chi connectivity index (χ3v) is 14.9. The zero-order valence-corrected chi connectivity index (χ0v) is 52.4. The number of esters is 3. The van der Waals surface area contributed by atoms with Crippen LogP contribution in [0.25, 0.3) is 0 Å². The van der Waals surface area contributed by atoms with Gasteiger partial charge in [0.1, 0.15) is 13.2 Å². The summed E-state index contributed by atoms with van der Waals surface area (Å²) in [5, 5.41) is 0. The smallest absolute Gasteiger partial charge is 0.306 e. The molecule has 0 rings (SSSR count). The fourth-order valence-corrected chi connectivity index (χ4v) is 9.80.